The van der Waals surface area contributed by atoms with Crippen molar-refractivity contribution < 1.29 is 25.2 Å². The molecule has 0 amide bonds. The van der Waals surface area contributed by atoms with Gasteiger partial charge >= 0.3 is 5.97 Å². The summed E-state index contributed by atoms with van der Waals surface area (Å²) in [6.07, 6.45) is 14.8. The summed E-state index contributed by atoms with van der Waals surface area (Å²) in [5.41, 5.74) is 0. The molecule has 0 radical (unpaired) electrons. The van der Waals surface area contributed by atoms with E-state index in [1.54, 1.807) is 6.08 Å². The lowest BCUT2D eigenvalue weighted by Crippen LogP contribution is -2.21. The van der Waals surface area contributed by atoms with Crippen LogP contribution in [0, 0.1) is 11.8 Å². The molecule has 1 rings (SSSR count). The molecule has 4 N–H and O–H groups in total. The van der Waals surface area contributed by atoms with Crippen LogP contribution < -0.4 is 0 Å². The number of aliphatic hydroxyl groups excluding tert-OH is 3. The topological polar surface area (TPSA) is 98.0 Å². The highest BCUT2D eigenvalue weighted by atomic mass is 16.4. The number of carbonyl (C=O) groups is 1. The first-order valence-corrected chi connectivity index (χ1v) is 10.5. The van der Waals surface area contributed by atoms with E-state index in [0.717, 1.165) is 25.7 Å². The van der Waals surface area contributed by atoms with Crippen LogP contribution in [0.1, 0.15) is 77.6 Å². The van der Waals surface area contributed by atoms with Crippen molar-refractivity contribution in [2.45, 2.75) is 95.9 Å². The van der Waals surface area contributed by atoms with E-state index in [9.17, 15) is 20.1 Å². The standard InChI is InChI=1S/C22H38O5/c1-2-3-4-5-6-8-11-17(23)14-15-19-18(20(24)16-21(19)25)12-9-7-10-13-22(26)27/h6,8,14-15,17-21,23-25H,2-5,7,9-13,16H2,1H3,(H,26,27)/b8-6-,15-14+/t17-,18-,19+,20-,21+/m1/s1. The van der Waals surface area contributed by atoms with Gasteiger partial charge in [0.05, 0.1) is 18.3 Å². The Morgan fingerprint density at radius 3 is 2.56 bits per heavy atom. The third kappa shape index (κ3) is 10.1. The summed E-state index contributed by atoms with van der Waals surface area (Å²) >= 11 is 0. The van der Waals surface area contributed by atoms with Crippen molar-refractivity contribution in [1.29, 1.82) is 0 Å². The second-order valence-electron chi connectivity index (χ2n) is 7.76. The summed E-state index contributed by atoms with van der Waals surface area (Å²) in [5, 5.41) is 39.2. The maximum Gasteiger partial charge on any atom is 0.303 e. The Bertz CT molecular complexity index is 460. The molecule has 0 heterocycles. The summed E-state index contributed by atoms with van der Waals surface area (Å²) in [4.78, 5) is 10.5. The first kappa shape index (κ1) is 23.9. The molecule has 0 aromatic heterocycles. The Labute approximate surface area is 163 Å². The highest BCUT2D eigenvalue weighted by molar-refractivity contribution is 5.66. The Morgan fingerprint density at radius 2 is 1.85 bits per heavy atom. The van der Waals surface area contributed by atoms with Gasteiger partial charge in [0.1, 0.15) is 0 Å². The number of hydrogen-bond donors (Lipinski definition) is 4. The number of carboxylic acids is 1. The zero-order valence-electron chi connectivity index (χ0n) is 16.7. The Kier molecular flexibility index (Phi) is 12.3. The maximum atomic E-state index is 10.5. The van der Waals surface area contributed by atoms with E-state index in [0.29, 0.717) is 19.3 Å². The van der Waals surface area contributed by atoms with E-state index < -0.39 is 24.3 Å². The molecule has 0 bridgehead atoms. The normalized spacial score (nSPS) is 27.0. The SMILES string of the molecule is CCCCC/C=C\C[C@@H](O)/C=C/[C@H]1[C@@H](CCCCCC(=O)O)[C@H](O)C[C@@H]1O. The van der Waals surface area contributed by atoms with Gasteiger partial charge in [-0.3, -0.25) is 4.79 Å². The van der Waals surface area contributed by atoms with Crippen molar-refractivity contribution in [1.82, 2.24) is 0 Å². The largest absolute Gasteiger partial charge is 0.481 e. The smallest absolute Gasteiger partial charge is 0.303 e. The molecule has 1 aliphatic rings. The van der Waals surface area contributed by atoms with Gasteiger partial charge in [0, 0.05) is 18.8 Å². The molecule has 1 fully saturated rings. The molecule has 27 heavy (non-hydrogen) atoms. The lowest BCUT2D eigenvalue weighted by Gasteiger charge is -2.21. The van der Waals surface area contributed by atoms with Gasteiger partial charge in [0.2, 0.25) is 0 Å². The van der Waals surface area contributed by atoms with Gasteiger partial charge in [0.25, 0.3) is 0 Å². The van der Waals surface area contributed by atoms with Crippen LogP contribution in [0.25, 0.3) is 0 Å². The number of aliphatic carboxylic acids is 1. The van der Waals surface area contributed by atoms with E-state index in [1.807, 2.05) is 12.2 Å². The Balaban J connectivity index is 2.39. The predicted molar refractivity (Wildman–Crippen MR) is 107 cm³/mol. The summed E-state index contributed by atoms with van der Waals surface area (Å²) in [7, 11) is 0. The number of aliphatic hydroxyl groups is 3. The summed E-state index contributed by atoms with van der Waals surface area (Å²) in [6.45, 7) is 2.18. The molecule has 0 aliphatic heterocycles. The lowest BCUT2D eigenvalue weighted by molar-refractivity contribution is -0.137. The maximum absolute atomic E-state index is 10.5. The molecule has 5 atom stereocenters. The Morgan fingerprint density at radius 1 is 1.07 bits per heavy atom. The number of hydrogen-bond acceptors (Lipinski definition) is 4. The highest BCUT2D eigenvalue weighted by Crippen LogP contribution is 2.37. The van der Waals surface area contributed by atoms with Gasteiger partial charge in [-0.05, 0) is 38.0 Å². The van der Waals surface area contributed by atoms with E-state index in [4.69, 9.17) is 5.11 Å². The fourth-order valence-corrected chi connectivity index (χ4v) is 3.81. The fraction of sp³-hybridized carbons (Fsp3) is 0.773. The summed E-state index contributed by atoms with van der Waals surface area (Å²) < 4.78 is 0. The van der Waals surface area contributed by atoms with E-state index in [1.165, 1.54) is 19.3 Å². The summed E-state index contributed by atoms with van der Waals surface area (Å²) in [5.74, 6) is -0.957. The van der Waals surface area contributed by atoms with Crippen molar-refractivity contribution in [2.75, 3.05) is 0 Å². The minimum atomic E-state index is -0.777. The van der Waals surface area contributed by atoms with E-state index in [-0.39, 0.29) is 18.3 Å². The van der Waals surface area contributed by atoms with Crippen molar-refractivity contribution in [2.24, 2.45) is 11.8 Å². The second kappa shape index (κ2) is 13.9. The van der Waals surface area contributed by atoms with Crippen LogP contribution in [0.3, 0.4) is 0 Å². The van der Waals surface area contributed by atoms with Gasteiger partial charge in [-0.15, -0.1) is 0 Å². The highest BCUT2D eigenvalue weighted by Gasteiger charge is 2.39. The van der Waals surface area contributed by atoms with Crippen molar-refractivity contribution in [3.8, 4) is 0 Å². The molecular weight excluding hydrogens is 344 g/mol. The third-order valence-corrected chi connectivity index (χ3v) is 5.42. The second-order valence-corrected chi connectivity index (χ2v) is 7.76. The molecule has 156 valence electrons. The number of carboxylic acid groups (broad SMARTS) is 1. The number of unbranched alkanes of at least 4 members (excludes halogenated alkanes) is 5. The molecule has 0 saturated heterocycles. The summed E-state index contributed by atoms with van der Waals surface area (Å²) in [6, 6.07) is 0. The van der Waals surface area contributed by atoms with Gasteiger partial charge in [-0.2, -0.15) is 0 Å². The van der Waals surface area contributed by atoms with Gasteiger partial charge < -0.3 is 20.4 Å². The van der Waals surface area contributed by atoms with E-state index in [2.05, 4.69) is 13.0 Å². The van der Waals surface area contributed by atoms with Crippen LogP contribution in [0.15, 0.2) is 24.3 Å². The monoisotopic (exact) mass is 382 g/mol. The first-order chi connectivity index (χ1) is 13.0. The third-order valence-electron chi connectivity index (χ3n) is 5.42. The lowest BCUT2D eigenvalue weighted by atomic mass is 9.88. The zero-order chi connectivity index (χ0) is 20.1. The van der Waals surface area contributed by atoms with Gasteiger partial charge in [-0.1, -0.05) is 56.9 Å². The number of rotatable bonds is 14. The van der Waals surface area contributed by atoms with E-state index >= 15 is 0 Å². The average molecular weight is 383 g/mol. The first-order valence-electron chi connectivity index (χ1n) is 10.5. The van der Waals surface area contributed by atoms with Crippen molar-refractivity contribution in [3.05, 3.63) is 24.3 Å². The Hall–Kier alpha value is -1.17. The molecule has 0 unspecified atom stereocenters. The molecular formula is C22H38O5. The van der Waals surface area contributed by atoms with Crippen LogP contribution in [-0.4, -0.2) is 44.7 Å². The quantitative estimate of drug-likeness (QED) is 0.270. The molecule has 5 heteroatoms. The molecule has 0 spiro atoms. The van der Waals surface area contributed by atoms with Crippen LogP contribution >= 0.6 is 0 Å². The molecule has 5 nitrogen and oxygen atoms in total. The minimum absolute atomic E-state index is 0.0298. The molecule has 1 saturated carbocycles. The minimum Gasteiger partial charge on any atom is -0.481 e. The molecule has 0 aromatic carbocycles. The van der Waals surface area contributed by atoms with Crippen LogP contribution in [-0.2, 0) is 4.79 Å². The number of allylic oxidation sites excluding steroid dienone is 1. The van der Waals surface area contributed by atoms with Crippen LogP contribution in [0.5, 0.6) is 0 Å². The van der Waals surface area contributed by atoms with Gasteiger partial charge in [-0.25, -0.2) is 0 Å². The van der Waals surface area contributed by atoms with Crippen LogP contribution in [0.4, 0.5) is 0 Å². The fourth-order valence-electron chi connectivity index (χ4n) is 3.81. The molecule has 0 aromatic rings. The zero-order valence-corrected chi connectivity index (χ0v) is 16.7. The molecule has 1 aliphatic carbocycles. The average Bonchev–Trinajstić information content (AvgIpc) is 2.88. The predicted octanol–water partition coefficient (Wildman–Crippen LogP) is 3.82. The van der Waals surface area contributed by atoms with Gasteiger partial charge in [0.15, 0.2) is 0 Å². The van der Waals surface area contributed by atoms with Crippen LogP contribution in [0.2, 0.25) is 0 Å². The van der Waals surface area contributed by atoms with Crippen molar-refractivity contribution >= 4 is 5.97 Å². The van der Waals surface area contributed by atoms with Crippen molar-refractivity contribution in [3.63, 3.8) is 0 Å².